The molecule has 0 amide bonds. The number of aliphatic hydroxyl groups is 1. The summed E-state index contributed by atoms with van der Waals surface area (Å²) in [7, 11) is -5.84. The van der Waals surface area contributed by atoms with Crippen molar-refractivity contribution in [3.63, 3.8) is 0 Å². The van der Waals surface area contributed by atoms with E-state index < -0.39 is 15.6 Å². The lowest BCUT2D eigenvalue weighted by atomic mass is 10.6. The number of hydrogen-bond donors (Lipinski definition) is 3. The summed E-state index contributed by atoms with van der Waals surface area (Å²) in [5, 5.41) is 11.2. The quantitative estimate of drug-likeness (QED) is 0.367. The molecule has 0 bridgehead atoms. The van der Waals surface area contributed by atoms with Crippen molar-refractivity contribution in [2.75, 3.05) is 6.54 Å². The largest absolute Gasteiger partial charge is 0.522 e. The van der Waals surface area contributed by atoms with Crippen LogP contribution in [0.4, 0.5) is 13.2 Å². The highest BCUT2D eigenvalue weighted by Gasteiger charge is 2.44. The minimum Gasteiger partial charge on any atom is -0.379 e. The maximum atomic E-state index is 10.7. The molecule has 0 aromatic rings. The molecule has 0 fully saturated rings. The first kappa shape index (κ1) is 16.1. The van der Waals surface area contributed by atoms with Gasteiger partial charge in [-0.15, -0.1) is 0 Å². The van der Waals surface area contributed by atoms with E-state index in [0.29, 0.717) is 0 Å². The zero-order valence-corrected chi connectivity index (χ0v) is 8.35. The minimum atomic E-state index is -5.84. The molecule has 0 aliphatic carbocycles. The summed E-state index contributed by atoms with van der Waals surface area (Å²) in [4.78, 5) is 0. The van der Waals surface area contributed by atoms with Gasteiger partial charge in [0.25, 0.3) is 0 Å². The van der Waals surface area contributed by atoms with Crippen molar-refractivity contribution in [3.05, 3.63) is 0 Å². The van der Waals surface area contributed by atoms with Crippen molar-refractivity contribution >= 4 is 10.1 Å². The van der Waals surface area contributed by atoms with Crippen LogP contribution in [-0.2, 0) is 10.1 Å². The lowest BCUT2D eigenvalue weighted by molar-refractivity contribution is -0.0510. The molecule has 0 saturated heterocycles. The molecule has 0 aliphatic rings. The zero-order valence-electron chi connectivity index (χ0n) is 7.54. The van der Waals surface area contributed by atoms with Crippen LogP contribution in [0.25, 0.3) is 0 Å². The molecule has 1 unspecified atom stereocenters. The van der Waals surface area contributed by atoms with Gasteiger partial charge in [-0.2, -0.15) is 21.6 Å². The Morgan fingerprint density at radius 1 is 1.43 bits per heavy atom. The Morgan fingerprint density at radius 3 is 1.71 bits per heavy atom. The van der Waals surface area contributed by atoms with Gasteiger partial charge in [0.05, 0.1) is 0 Å². The fourth-order valence-electron chi connectivity index (χ4n) is 0.295. The molecule has 0 heterocycles. The summed E-state index contributed by atoms with van der Waals surface area (Å²) in [5.41, 5.74) is -5.53. The summed E-state index contributed by atoms with van der Waals surface area (Å²) >= 11 is 0. The number of rotatable bonds is 2. The maximum Gasteiger partial charge on any atom is 0.522 e. The number of alkyl halides is 3. The van der Waals surface area contributed by atoms with E-state index in [-0.39, 0.29) is 6.23 Å². The molecule has 5 nitrogen and oxygen atoms in total. The predicted molar refractivity (Wildman–Crippen MR) is 43.0 cm³/mol. The average Bonchev–Trinajstić information content (AvgIpc) is 1.82. The number of nitrogens with one attached hydrogen (secondary N) is 1. The second-order valence-electron chi connectivity index (χ2n) is 2.15. The van der Waals surface area contributed by atoms with Crippen LogP contribution in [0, 0.1) is 0 Å². The molecule has 0 aromatic heterocycles. The monoisotopic (exact) mass is 239 g/mol. The van der Waals surface area contributed by atoms with Gasteiger partial charge in [-0.1, -0.05) is 6.92 Å². The first-order valence-corrected chi connectivity index (χ1v) is 4.91. The molecule has 0 saturated carbocycles. The van der Waals surface area contributed by atoms with Gasteiger partial charge in [0.2, 0.25) is 0 Å². The Hall–Kier alpha value is -0.380. The lowest BCUT2D eigenvalue weighted by Gasteiger charge is -2.00. The Balaban J connectivity index is 0. The Bertz CT molecular complexity index is 236. The topological polar surface area (TPSA) is 86.6 Å². The van der Waals surface area contributed by atoms with Gasteiger partial charge in [0, 0.05) is 0 Å². The SMILES string of the molecule is CCNC(C)O.O=S(=O)(O)C(F)(F)F. The van der Waals surface area contributed by atoms with Crippen LogP contribution in [0.5, 0.6) is 0 Å². The molecule has 0 rings (SSSR count). The Labute approximate surface area is 79.7 Å². The van der Waals surface area contributed by atoms with Crippen LogP contribution >= 0.6 is 0 Å². The molecular weight excluding hydrogens is 227 g/mol. The lowest BCUT2D eigenvalue weighted by Crippen LogP contribution is -2.24. The summed E-state index contributed by atoms with van der Waals surface area (Å²) in [6.07, 6.45) is -0.352. The number of aliphatic hydroxyl groups excluding tert-OH is 1. The summed E-state index contributed by atoms with van der Waals surface area (Å²) in [6.45, 7) is 4.48. The molecule has 14 heavy (non-hydrogen) atoms. The van der Waals surface area contributed by atoms with E-state index in [2.05, 4.69) is 5.32 Å². The van der Waals surface area contributed by atoms with Crippen molar-refractivity contribution in [1.29, 1.82) is 0 Å². The van der Waals surface area contributed by atoms with Gasteiger partial charge in [-0.25, -0.2) is 0 Å². The normalized spacial score (nSPS) is 14.2. The first-order chi connectivity index (χ1) is 6.02. The van der Waals surface area contributed by atoms with E-state index in [1.807, 2.05) is 6.92 Å². The van der Waals surface area contributed by atoms with E-state index in [4.69, 9.17) is 18.1 Å². The van der Waals surface area contributed by atoms with E-state index in [1.54, 1.807) is 6.92 Å². The van der Waals surface area contributed by atoms with E-state index in [0.717, 1.165) is 6.54 Å². The third kappa shape index (κ3) is 9.71. The fraction of sp³-hybridized carbons (Fsp3) is 1.00. The van der Waals surface area contributed by atoms with Crippen LogP contribution < -0.4 is 5.32 Å². The molecule has 0 spiro atoms. The standard InChI is InChI=1S/C4H11NO.CHF3O3S/c1-3-5-4(2)6;2-1(3,4)8(5,6)7/h4-6H,3H2,1-2H3;(H,5,6,7). The predicted octanol–water partition coefficient (Wildman–Crippen LogP) is 0.328. The fourth-order valence-corrected chi connectivity index (χ4v) is 0.295. The smallest absolute Gasteiger partial charge is 0.379 e. The number of hydrogen-bond acceptors (Lipinski definition) is 4. The summed E-state index contributed by atoms with van der Waals surface area (Å²) in [5.74, 6) is 0. The maximum absolute atomic E-state index is 10.7. The van der Waals surface area contributed by atoms with Gasteiger partial charge in [-0.3, -0.25) is 9.87 Å². The van der Waals surface area contributed by atoms with Gasteiger partial charge < -0.3 is 5.11 Å². The summed E-state index contributed by atoms with van der Waals surface area (Å²) in [6, 6.07) is 0. The van der Waals surface area contributed by atoms with E-state index in [9.17, 15) is 13.2 Å². The third-order valence-corrected chi connectivity index (χ3v) is 1.38. The van der Waals surface area contributed by atoms with Crippen molar-refractivity contribution in [1.82, 2.24) is 5.32 Å². The highest BCUT2D eigenvalue weighted by molar-refractivity contribution is 7.86. The first-order valence-electron chi connectivity index (χ1n) is 3.47. The van der Waals surface area contributed by atoms with Gasteiger partial charge in [0.1, 0.15) is 6.23 Å². The molecule has 9 heteroatoms. The Kier molecular flexibility index (Phi) is 7.08. The highest BCUT2D eigenvalue weighted by Crippen LogP contribution is 2.20. The Morgan fingerprint density at radius 2 is 1.71 bits per heavy atom. The highest BCUT2D eigenvalue weighted by atomic mass is 32.2. The summed E-state index contributed by atoms with van der Waals surface area (Å²) < 4.78 is 57.5. The molecule has 0 radical (unpaired) electrons. The molecule has 88 valence electrons. The second kappa shape index (κ2) is 6.17. The van der Waals surface area contributed by atoms with Crippen LogP contribution in [0.2, 0.25) is 0 Å². The zero-order chi connectivity index (χ0) is 12.0. The van der Waals surface area contributed by atoms with E-state index in [1.165, 1.54) is 0 Å². The molecule has 3 N–H and O–H groups in total. The minimum absolute atomic E-state index is 0.352. The molecule has 1 atom stereocenters. The molecular formula is C5H12F3NO4S. The molecule has 0 aliphatic heterocycles. The third-order valence-electron chi connectivity index (χ3n) is 0.792. The van der Waals surface area contributed by atoms with Crippen molar-refractivity contribution < 1.29 is 31.2 Å². The van der Waals surface area contributed by atoms with Crippen LogP contribution in [0.15, 0.2) is 0 Å². The van der Waals surface area contributed by atoms with Crippen molar-refractivity contribution in [2.24, 2.45) is 0 Å². The van der Waals surface area contributed by atoms with Crippen LogP contribution in [0.3, 0.4) is 0 Å². The van der Waals surface area contributed by atoms with Crippen LogP contribution in [-0.4, -0.2) is 36.4 Å². The van der Waals surface area contributed by atoms with Crippen LogP contribution in [0.1, 0.15) is 13.8 Å². The average molecular weight is 239 g/mol. The van der Waals surface area contributed by atoms with E-state index >= 15 is 0 Å². The second-order valence-corrected chi connectivity index (χ2v) is 3.57. The molecule has 0 aromatic carbocycles. The van der Waals surface area contributed by atoms with Gasteiger partial charge >= 0.3 is 15.6 Å². The van der Waals surface area contributed by atoms with Crippen molar-refractivity contribution in [3.8, 4) is 0 Å². The van der Waals surface area contributed by atoms with Gasteiger partial charge in [-0.05, 0) is 13.5 Å². The van der Waals surface area contributed by atoms with Gasteiger partial charge in [0.15, 0.2) is 0 Å². The van der Waals surface area contributed by atoms with Crippen molar-refractivity contribution in [2.45, 2.75) is 25.6 Å². The number of halogens is 3.